The maximum Gasteiger partial charge on any atom is 0.152 e. The van der Waals surface area contributed by atoms with Crippen molar-refractivity contribution in [3.63, 3.8) is 0 Å². The van der Waals surface area contributed by atoms with Gasteiger partial charge in [0, 0.05) is 37.3 Å². The van der Waals surface area contributed by atoms with Crippen molar-refractivity contribution in [1.82, 2.24) is 5.32 Å². The second-order valence-electron chi connectivity index (χ2n) is 4.95. The lowest BCUT2D eigenvalue weighted by Gasteiger charge is -2.40. The Morgan fingerprint density at radius 1 is 1.18 bits per heavy atom. The van der Waals surface area contributed by atoms with Crippen molar-refractivity contribution in [2.75, 3.05) is 24.5 Å². The van der Waals surface area contributed by atoms with E-state index in [-0.39, 0.29) is 11.2 Å². The summed E-state index contributed by atoms with van der Waals surface area (Å²) in [5.74, 6) is -2.58. The Hall–Kier alpha value is -1.23. The van der Waals surface area contributed by atoms with Gasteiger partial charge >= 0.3 is 0 Å². The van der Waals surface area contributed by atoms with Crippen LogP contribution < -0.4 is 10.2 Å². The lowest BCUT2D eigenvalue weighted by atomic mass is 10.0. The van der Waals surface area contributed by atoms with Gasteiger partial charge in [-0.3, -0.25) is 0 Å². The van der Waals surface area contributed by atoms with Gasteiger partial charge < -0.3 is 10.2 Å². The Balaban J connectivity index is 2.34. The first-order valence-electron chi connectivity index (χ1n) is 5.53. The summed E-state index contributed by atoms with van der Waals surface area (Å²) in [4.78, 5) is 1.61. The highest BCUT2D eigenvalue weighted by Gasteiger charge is 2.29. The first kappa shape index (κ1) is 12.2. The molecule has 1 aliphatic heterocycles. The minimum Gasteiger partial charge on any atom is -0.364 e. The van der Waals surface area contributed by atoms with E-state index in [0.717, 1.165) is 0 Å². The summed E-state index contributed by atoms with van der Waals surface area (Å²) in [6, 6.07) is 1.43. The number of halogens is 3. The Morgan fingerprint density at radius 2 is 1.76 bits per heavy atom. The van der Waals surface area contributed by atoms with Crippen LogP contribution in [0, 0.1) is 17.5 Å². The van der Waals surface area contributed by atoms with Gasteiger partial charge in [0.2, 0.25) is 0 Å². The average Bonchev–Trinajstić information content (AvgIpc) is 2.13. The van der Waals surface area contributed by atoms with Crippen LogP contribution in [0.1, 0.15) is 13.8 Å². The smallest absolute Gasteiger partial charge is 0.152 e. The number of nitrogens with one attached hydrogen (secondary N) is 1. The van der Waals surface area contributed by atoms with Gasteiger partial charge in [0.05, 0.1) is 0 Å². The molecule has 0 saturated carbocycles. The largest absolute Gasteiger partial charge is 0.364 e. The molecule has 1 saturated heterocycles. The minimum absolute atomic E-state index is 0.138. The van der Waals surface area contributed by atoms with E-state index >= 15 is 0 Å². The zero-order valence-corrected chi connectivity index (χ0v) is 9.86. The zero-order valence-electron chi connectivity index (χ0n) is 9.86. The number of rotatable bonds is 1. The summed E-state index contributed by atoms with van der Waals surface area (Å²) in [6.45, 7) is 5.54. The standard InChI is InChI=1S/C12H15F3N2/c1-12(2)7-17(4-3-16-12)11-9(14)5-8(13)6-10(11)15/h5-6,16H,3-4,7H2,1-2H3. The van der Waals surface area contributed by atoms with Crippen LogP contribution in [0.5, 0.6) is 0 Å². The van der Waals surface area contributed by atoms with E-state index in [0.29, 0.717) is 31.8 Å². The fourth-order valence-electron chi connectivity index (χ4n) is 2.17. The predicted molar refractivity (Wildman–Crippen MR) is 60.6 cm³/mol. The van der Waals surface area contributed by atoms with Crippen LogP contribution in [-0.4, -0.2) is 25.2 Å². The van der Waals surface area contributed by atoms with Crippen molar-refractivity contribution in [2.24, 2.45) is 0 Å². The van der Waals surface area contributed by atoms with Crippen LogP contribution in [0.25, 0.3) is 0 Å². The van der Waals surface area contributed by atoms with E-state index in [4.69, 9.17) is 0 Å². The van der Waals surface area contributed by atoms with E-state index in [1.165, 1.54) is 0 Å². The first-order valence-corrected chi connectivity index (χ1v) is 5.53. The quantitative estimate of drug-likeness (QED) is 0.815. The van der Waals surface area contributed by atoms with Gasteiger partial charge in [-0.05, 0) is 13.8 Å². The van der Waals surface area contributed by atoms with Gasteiger partial charge in [-0.1, -0.05) is 0 Å². The third-order valence-corrected chi connectivity index (χ3v) is 2.87. The van der Waals surface area contributed by atoms with Crippen LogP contribution in [0.2, 0.25) is 0 Å². The average molecular weight is 244 g/mol. The summed E-state index contributed by atoms with van der Waals surface area (Å²) in [5.41, 5.74) is -0.355. The van der Waals surface area contributed by atoms with Crippen LogP contribution in [0.4, 0.5) is 18.9 Å². The summed E-state index contributed by atoms with van der Waals surface area (Å²) in [6.07, 6.45) is 0. The Bertz CT molecular complexity index is 409. The number of hydrogen-bond donors (Lipinski definition) is 1. The van der Waals surface area contributed by atoms with E-state index in [2.05, 4.69) is 5.32 Å². The third kappa shape index (κ3) is 2.54. The first-order chi connectivity index (χ1) is 7.89. The molecular formula is C12H15F3N2. The van der Waals surface area contributed by atoms with Gasteiger partial charge in [-0.2, -0.15) is 0 Å². The van der Waals surface area contributed by atoms with Gasteiger partial charge in [-0.15, -0.1) is 0 Å². The lowest BCUT2D eigenvalue weighted by Crippen LogP contribution is -2.57. The fraction of sp³-hybridized carbons (Fsp3) is 0.500. The molecule has 2 nitrogen and oxygen atoms in total. The molecule has 0 amide bonds. The highest BCUT2D eigenvalue weighted by molar-refractivity contribution is 5.50. The molecule has 1 fully saturated rings. The summed E-state index contributed by atoms with van der Waals surface area (Å²) in [7, 11) is 0. The van der Waals surface area contributed by atoms with Crippen LogP contribution in [0.15, 0.2) is 12.1 Å². The SMILES string of the molecule is CC1(C)CN(c2c(F)cc(F)cc2F)CCN1. The molecule has 1 aliphatic rings. The second-order valence-corrected chi connectivity index (χ2v) is 4.95. The Morgan fingerprint density at radius 3 is 2.29 bits per heavy atom. The number of anilines is 1. The van der Waals surface area contributed by atoms with E-state index in [9.17, 15) is 13.2 Å². The molecule has 0 unspecified atom stereocenters. The van der Waals surface area contributed by atoms with Gasteiger partial charge in [-0.25, -0.2) is 13.2 Å². The van der Waals surface area contributed by atoms with E-state index < -0.39 is 17.5 Å². The topological polar surface area (TPSA) is 15.3 Å². The van der Waals surface area contributed by atoms with E-state index in [1.807, 2.05) is 13.8 Å². The number of piperazine rings is 1. The molecule has 17 heavy (non-hydrogen) atoms. The summed E-state index contributed by atoms with van der Waals surface area (Å²) < 4.78 is 40.0. The highest BCUT2D eigenvalue weighted by atomic mass is 19.1. The normalized spacial score (nSPS) is 19.5. The molecule has 1 N–H and O–H groups in total. The summed E-state index contributed by atoms with van der Waals surface area (Å²) in [5, 5.41) is 3.25. The van der Waals surface area contributed by atoms with Crippen molar-refractivity contribution in [3.05, 3.63) is 29.6 Å². The van der Waals surface area contributed by atoms with Crippen molar-refractivity contribution >= 4 is 5.69 Å². The maximum atomic E-state index is 13.6. The molecular weight excluding hydrogens is 229 g/mol. The summed E-state index contributed by atoms with van der Waals surface area (Å²) >= 11 is 0. The molecule has 2 rings (SSSR count). The molecule has 94 valence electrons. The second kappa shape index (κ2) is 4.22. The maximum absolute atomic E-state index is 13.6. The Labute approximate surface area is 98.4 Å². The van der Waals surface area contributed by atoms with Crippen molar-refractivity contribution < 1.29 is 13.2 Å². The molecule has 0 aromatic heterocycles. The number of benzene rings is 1. The molecule has 1 aromatic carbocycles. The van der Waals surface area contributed by atoms with Gasteiger partial charge in [0.1, 0.15) is 11.5 Å². The van der Waals surface area contributed by atoms with Crippen molar-refractivity contribution in [1.29, 1.82) is 0 Å². The molecule has 0 radical (unpaired) electrons. The minimum atomic E-state index is -0.891. The number of hydrogen-bond acceptors (Lipinski definition) is 2. The molecule has 0 bridgehead atoms. The predicted octanol–water partition coefficient (Wildman–Crippen LogP) is 2.29. The van der Waals surface area contributed by atoms with Crippen LogP contribution >= 0.6 is 0 Å². The van der Waals surface area contributed by atoms with Crippen LogP contribution in [-0.2, 0) is 0 Å². The molecule has 5 heteroatoms. The fourth-order valence-corrected chi connectivity index (χ4v) is 2.17. The molecule has 0 aliphatic carbocycles. The lowest BCUT2D eigenvalue weighted by molar-refractivity contribution is 0.348. The monoisotopic (exact) mass is 244 g/mol. The van der Waals surface area contributed by atoms with E-state index in [1.54, 1.807) is 4.90 Å². The highest BCUT2D eigenvalue weighted by Crippen LogP contribution is 2.27. The third-order valence-electron chi connectivity index (χ3n) is 2.87. The molecule has 1 aromatic rings. The van der Waals surface area contributed by atoms with Gasteiger partial charge in [0.25, 0.3) is 0 Å². The van der Waals surface area contributed by atoms with Crippen molar-refractivity contribution in [3.8, 4) is 0 Å². The molecule has 0 spiro atoms. The number of nitrogens with zero attached hydrogens (tertiary/aromatic N) is 1. The zero-order chi connectivity index (χ0) is 12.6. The molecule has 1 heterocycles. The molecule has 0 atom stereocenters. The van der Waals surface area contributed by atoms with Crippen LogP contribution in [0.3, 0.4) is 0 Å². The Kier molecular flexibility index (Phi) is 3.03. The van der Waals surface area contributed by atoms with Gasteiger partial charge in [0.15, 0.2) is 11.6 Å². The van der Waals surface area contributed by atoms with Crippen molar-refractivity contribution in [2.45, 2.75) is 19.4 Å².